The summed E-state index contributed by atoms with van der Waals surface area (Å²) in [4.78, 5) is 3.89. The minimum Gasteiger partial charge on any atom is -0.385 e. The topological polar surface area (TPSA) is 80.2 Å². The molecule has 94 valence electrons. The molecule has 2 rings (SSSR count). The van der Waals surface area contributed by atoms with Gasteiger partial charge in [-0.25, -0.2) is 0 Å². The van der Waals surface area contributed by atoms with Gasteiger partial charge < -0.3 is 15.2 Å². The first-order valence-corrected chi connectivity index (χ1v) is 5.90. The van der Waals surface area contributed by atoms with E-state index in [1.165, 1.54) is 0 Å². The summed E-state index contributed by atoms with van der Waals surface area (Å²) in [6, 6.07) is 0. The first-order valence-electron chi connectivity index (χ1n) is 5.15. The molecule has 0 radical (unpaired) electrons. The van der Waals surface area contributed by atoms with E-state index in [9.17, 15) is 5.11 Å². The SMILES string of the molecule is CC1OCCC1(O)CNc1nc(Cl)nnc1Cl. The summed E-state index contributed by atoms with van der Waals surface area (Å²) in [6.07, 6.45) is 0.324. The molecule has 17 heavy (non-hydrogen) atoms. The lowest BCUT2D eigenvalue weighted by Crippen LogP contribution is -2.43. The third kappa shape index (κ3) is 2.77. The number of nitrogens with zero attached hydrogens (tertiary/aromatic N) is 3. The van der Waals surface area contributed by atoms with Gasteiger partial charge in [0.15, 0.2) is 11.0 Å². The number of anilines is 1. The molecule has 0 spiro atoms. The van der Waals surface area contributed by atoms with Gasteiger partial charge in [0.05, 0.1) is 6.10 Å². The fourth-order valence-corrected chi connectivity index (χ4v) is 1.91. The van der Waals surface area contributed by atoms with Crippen molar-refractivity contribution in [3.63, 3.8) is 0 Å². The Morgan fingerprint density at radius 3 is 2.94 bits per heavy atom. The van der Waals surface area contributed by atoms with Crippen LogP contribution in [-0.4, -0.2) is 45.1 Å². The predicted molar refractivity (Wildman–Crippen MR) is 63.3 cm³/mol. The smallest absolute Gasteiger partial charge is 0.245 e. The number of hydrogen-bond donors (Lipinski definition) is 2. The van der Waals surface area contributed by atoms with E-state index in [1.807, 2.05) is 6.92 Å². The highest BCUT2D eigenvalue weighted by Gasteiger charge is 2.39. The zero-order valence-electron chi connectivity index (χ0n) is 9.15. The molecule has 1 saturated heterocycles. The number of aromatic nitrogens is 3. The van der Waals surface area contributed by atoms with Crippen molar-refractivity contribution < 1.29 is 9.84 Å². The second-order valence-electron chi connectivity index (χ2n) is 3.94. The van der Waals surface area contributed by atoms with Crippen LogP contribution in [0.15, 0.2) is 0 Å². The van der Waals surface area contributed by atoms with Crippen molar-refractivity contribution in [3.8, 4) is 0 Å². The van der Waals surface area contributed by atoms with E-state index in [-0.39, 0.29) is 23.1 Å². The van der Waals surface area contributed by atoms with Gasteiger partial charge in [-0.3, -0.25) is 0 Å². The molecule has 1 aliphatic rings. The Morgan fingerprint density at radius 1 is 1.53 bits per heavy atom. The van der Waals surface area contributed by atoms with Crippen LogP contribution in [0.3, 0.4) is 0 Å². The Labute approximate surface area is 108 Å². The summed E-state index contributed by atoms with van der Waals surface area (Å²) in [5, 5.41) is 20.4. The van der Waals surface area contributed by atoms with Crippen molar-refractivity contribution in [2.75, 3.05) is 18.5 Å². The number of rotatable bonds is 3. The molecule has 0 amide bonds. The quantitative estimate of drug-likeness (QED) is 0.863. The molecule has 6 nitrogen and oxygen atoms in total. The van der Waals surface area contributed by atoms with E-state index in [2.05, 4.69) is 20.5 Å². The maximum Gasteiger partial charge on any atom is 0.245 e. The largest absolute Gasteiger partial charge is 0.385 e. The highest BCUT2D eigenvalue weighted by atomic mass is 35.5. The maximum atomic E-state index is 10.3. The molecule has 2 atom stereocenters. The van der Waals surface area contributed by atoms with E-state index in [4.69, 9.17) is 27.9 Å². The number of aliphatic hydroxyl groups is 1. The zero-order valence-corrected chi connectivity index (χ0v) is 10.7. The second-order valence-corrected chi connectivity index (χ2v) is 4.64. The van der Waals surface area contributed by atoms with Crippen LogP contribution in [0.25, 0.3) is 0 Å². The van der Waals surface area contributed by atoms with Crippen LogP contribution in [0, 0.1) is 0 Å². The molecule has 1 aromatic rings. The highest BCUT2D eigenvalue weighted by Crippen LogP contribution is 2.26. The van der Waals surface area contributed by atoms with Gasteiger partial charge >= 0.3 is 0 Å². The van der Waals surface area contributed by atoms with Crippen molar-refractivity contribution in [2.24, 2.45) is 0 Å². The van der Waals surface area contributed by atoms with Gasteiger partial charge in [-0.05, 0) is 18.5 Å². The van der Waals surface area contributed by atoms with Crippen LogP contribution in [0.2, 0.25) is 10.4 Å². The maximum absolute atomic E-state index is 10.3. The molecule has 8 heteroatoms. The molecule has 0 saturated carbocycles. The van der Waals surface area contributed by atoms with Crippen molar-refractivity contribution in [2.45, 2.75) is 25.0 Å². The van der Waals surface area contributed by atoms with Crippen LogP contribution in [0.4, 0.5) is 5.82 Å². The normalized spacial score (nSPS) is 28.4. The van der Waals surface area contributed by atoms with Crippen LogP contribution < -0.4 is 5.32 Å². The Morgan fingerprint density at radius 2 is 2.29 bits per heavy atom. The van der Waals surface area contributed by atoms with E-state index in [0.717, 1.165) is 0 Å². The van der Waals surface area contributed by atoms with E-state index >= 15 is 0 Å². The van der Waals surface area contributed by atoms with Crippen molar-refractivity contribution in [1.82, 2.24) is 15.2 Å². The van der Waals surface area contributed by atoms with Crippen LogP contribution in [0.1, 0.15) is 13.3 Å². The summed E-state index contributed by atoms with van der Waals surface area (Å²) < 4.78 is 5.31. The molecule has 0 bridgehead atoms. The standard InChI is InChI=1S/C9H12Cl2N4O2/c1-5-9(16,2-3-17-5)4-12-7-6(10)14-15-8(11)13-7/h5,16H,2-4H2,1H3,(H,12,13,15). The lowest BCUT2D eigenvalue weighted by Gasteiger charge is -2.26. The number of nitrogens with one attached hydrogen (secondary N) is 1. The molecule has 0 aliphatic carbocycles. The summed E-state index contributed by atoms with van der Waals surface area (Å²) in [7, 11) is 0. The molecule has 1 aromatic heterocycles. The van der Waals surface area contributed by atoms with E-state index in [1.54, 1.807) is 0 Å². The number of halogens is 2. The monoisotopic (exact) mass is 278 g/mol. The molecular formula is C9H12Cl2N4O2. The van der Waals surface area contributed by atoms with Crippen LogP contribution in [0.5, 0.6) is 0 Å². The third-order valence-electron chi connectivity index (χ3n) is 2.84. The minimum absolute atomic E-state index is 0.000361. The molecule has 2 N–H and O–H groups in total. The van der Waals surface area contributed by atoms with Gasteiger partial charge in [-0.15, -0.1) is 10.2 Å². The first kappa shape index (κ1) is 12.8. The lowest BCUT2D eigenvalue weighted by atomic mass is 9.97. The fraction of sp³-hybridized carbons (Fsp3) is 0.667. The summed E-state index contributed by atoms with van der Waals surface area (Å²) in [5.74, 6) is 0.305. The van der Waals surface area contributed by atoms with E-state index < -0.39 is 5.60 Å². The highest BCUT2D eigenvalue weighted by molar-refractivity contribution is 6.32. The molecule has 1 aliphatic heterocycles. The minimum atomic E-state index is -0.930. The zero-order chi connectivity index (χ0) is 12.5. The molecule has 2 unspecified atom stereocenters. The summed E-state index contributed by atoms with van der Waals surface area (Å²) in [5.41, 5.74) is -0.930. The van der Waals surface area contributed by atoms with Crippen LogP contribution >= 0.6 is 23.2 Å². The average molecular weight is 279 g/mol. The Balaban J connectivity index is 2.04. The predicted octanol–water partition coefficient (Wildman–Crippen LogP) is 1.13. The van der Waals surface area contributed by atoms with Crippen molar-refractivity contribution >= 4 is 29.0 Å². The van der Waals surface area contributed by atoms with Gasteiger partial charge in [-0.2, -0.15) is 4.98 Å². The second kappa shape index (κ2) is 4.89. The van der Waals surface area contributed by atoms with Crippen molar-refractivity contribution in [1.29, 1.82) is 0 Å². The van der Waals surface area contributed by atoms with Gasteiger partial charge in [0.2, 0.25) is 5.28 Å². The third-order valence-corrected chi connectivity index (χ3v) is 3.26. The average Bonchev–Trinajstić information content (AvgIpc) is 2.61. The summed E-state index contributed by atoms with van der Waals surface area (Å²) >= 11 is 11.4. The molecule has 0 aromatic carbocycles. The number of ether oxygens (including phenoxy) is 1. The van der Waals surface area contributed by atoms with Gasteiger partial charge in [-0.1, -0.05) is 11.6 Å². The van der Waals surface area contributed by atoms with Gasteiger partial charge in [0.1, 0.15) is 5.60 Å². The number of hydrogen-bond acceptors (Lipinski definition) is 6. The van der Waals surface area contributed by atoms with Crippen molar-refractivity contribution in [3.05, 3.63) is 10.4 Å². The molecular weight excluding hydrogens is 267 g/mol. The van der Waals surface area contributed by atoms with Crippen LogP contribution in [-0.2, 0) is 4.74 Å². The van der Waals surface area contributed by atoms with Gasteiger partial charge in [0, 0.05) is 19.6 Å². The molecule has 1 fully saturated rings. The Bertz CT molecular complexity index is 420. The summed E-state index contributed by atoms with van der Waals surface area (Å²) in [6.45, 7) is 2.63. The molecule has 2 heterocycles. The Kier molecular flexibility index (Phi) is 3.67. The van der Waals surface area contributed by atoms with E-state index in [0.29, 0.717) is 18.8 Å². The fourth-order valence-electron chi connectivity index (χ4n) is 1.65. The Hall–Kier alpha value is -0.690. The van der Waals surface area contributed by atoms with Gasteiger partial charge in [0.25, 0.3) is 0 Å². The first-order chi connectivity index (χ1) is 8.01. The lowest BCUT2D eigenvalue weighted by molar-refractivity contribution is -0.0176.